The number of pyridine rings is 3. The number of amides is 2. The molecule has 0 aliphatic carbocycles. The summed E-state index contributed by atoms with van der Waals surface area (Å²) >= 11 is 0. The third-order valence-corrected chi connectivity index (χ3v) is 4.24. The number of hydrogen-bond donors (Lipinski definition) is 1. The average Bonchev–Trinajstić information content (AvgIpc) is 2.76. The molecule has 28 heavy (non-hydrogen) atoms. The lowest BCUT2D eigenvalue weighted by Gasteiger charge is -2.17. The van der Waals surface area contributed by atoms with E-state index < -0.39 is 0 Å². The molecule has 0 spiro atoms. The molecular formula is C21H21N5O2. The van der Waals surface area contributed by atoms with Gasteiger partial charge in [0.1, 0.15) is 11.4 Å². The van der Waals surface area contributed by atoms with Crippen LogP contribution in [0.1, 0.15) is 32.1 Å². The van der Waals surface area contributed by atoms with Gasteiger partial charge in [0.15, 0.2) is 0 Å². The van der Waals surface area contributed by atoms with Gasteiger partial charge in [-0.05, 0) is 53.9 Å². The van der Waals surface area contributed by atoms with Crippen LogP contribution in [0.25, 0.3) is 0 Å². The maximum atomic E-state index is 12.6. The Morgan fingerprint density at radius 1 is 0.893 bits per heavy atom. The van der Waals surface area contributed by atoms with Crippen molar-refractivity contribution in [2.24, 2.45) is 0 Å². The predicted molar refractivity (Wildman–Crippen MR) is 105 cm³/mol. The van der Waals surface area contributed by atoms with E-state index in [4.69, 9.17) is 0 Å². The number of nitrogens with zero attached hydrogens (tertiary/aromatic N) is 4. The molecule has 7 nitrogen and oxygen atoms in total. The van der Waals surface area contributed by atoms with Crippen LogP contribution >= 0.6 is 0 Å². The molecule has 0 fully saturated rings. The average molecular weight is 375 g/mol. The first-order valence-corrected chi connectivity index (χ1v) is 8.92. The SMILES string of the molecule is CN(CCc1ccncc1)C(=O)c1cccc(C(=O)NCc2ccncc2)n1. The molecular weight excluding hydrogens is 354 g/mol. The molecule has 0 saturated carbocycles. The number of hydrogen-bond acceptors (Lipinski definition) is 5. The molecule has 3 heterocycles. The maximum absolute atomic E-state index is 12.6. The Balaban J connectivity index is 1.59. The first-order chi connectivity index (χ1) is 13.6. The third-order valence-electron chi connectivity index (χ3n) is 4.24. The Morgan fingerprint density at radius 3 is 2.18 bits per heavy atom. The molecule has 0 saturated heterocycles. The minimum Gasteiger partial charge on any atom is -0.347 e. The van der Waals surface area contributed by atoms with Crippen LogP contribution in [0.15, 0.2) is 67.3 Å². The van der Waals surface area contributed by atoms with E-state index in [1.165, 1.54) is 0 Å². The van der Waals surface area contributed by atoms with E-state index in [2.05, 4.69) is 20.3 Å². The summed E-state index contributed by atoms with van der Waals surface area (Å²) in [7, 11) is 1.72. The summed E-state index contributed by atoms with van der Waals surface area (Å²) in [5.74, 6) is -0.552. The minimum atomic E-state index is -0.328. The van der Waals surface area contributed by atoms with Crippen LogP contribution in [0, 0.1) is 0 Å². The van der Waals surface area contributed by atoms with E-state index in [1.54, 1.807) is 54.9 Å². The van der Waals surface area contributed by atoms with Gasteiger partial charge in [-0.25, -0.2) is 4.98 Å². The van der Waals surface area contributed by atoms with Crippen LogP contribution in [0.5, 0.6) is 0 Å². The first-order valence-electron chi connectivity index (χ1n) is 8.92. The van der Waals surface area contributed by atoms with Gasteiger partial charge in [-0.1, -0.05) is 6.07 Å². The second-order valence-electron chi connectivity index (χ2n) is 6.28. The fourth-order valence-electron chi connectivity index (χ4n) is 2.60. The van der Waals surface area contributed by atoms with Crippen molar-refractivity contribution in [2.45, 2.75) is 13.0 Å². The van der Waals surface area contributed by atoms with Crippen molar-refractivity contribution >= 4 is 11.8 Å². The third kappa shape index (κ3) is 5.20. The highest BCUT2D eigenvalue weighted by Crippen LogP contribution is 2.06. The molecule has 0 unspecified atom stereocenters. The second kappa shape index (κ2) is 9.36. The summed E-state index contributed by atoms with van der Waals surface area (Å²) in [5.41, 5.74) is 2.49. The zero-order valence-corrected chi connectivity index (χ0v) is 15.6. The highest BCUT2D eigenvalue weighted by Gasteiger charge is 2.15. The summed E-state index contributed by atoms with van der Waals surface area (Å²) in [6, 6.07) is 12.4. The zero-order chi connectivity index (χ0) is 19.8. The van der Waals surface area contributed by atoms with Gasteiger partial charge in [-0.2, -0.15) is 0 Å². The zero-order valence-electron chi connectivity index (χ0n) is 15.6. The van der Waals surface area contributed by atoms with E-state index in [-0.39, 0.29) is 23.2 Å². The summed E-state index contributed by atoms with van der Waals surface area (Å²) in [4.78, 5) is 38.7. The highest BCUT2D eigenvalue weighted by molar-refractivity contribution is 5.96. The van der Waals surface area contributed by atoms with Gasteiger partial charge in [0.2, 0.25) is 0 Å². The predicted octanol–water partition coefficient (Wildman–Crippen LogP) is 2.12. The summed E-state index contributed by atoms with van der Waals surface area (Å²) in [6.45, 7) is 0.913. The van der Waals surface area contributed by atoms with Crippen LogP contribution < -0.4 is 5.32 Å². The first kappa shape index (κ1) is 19.2. The second-order valence-corrected chi connectivity index (χ2v) is 6.28. The van der Waals surface area contributed by atoms with Gasteiger partial charge in [0, 0.05) is 44.9 Å². The quantitative estimate of drug-likeness (QED) is 0.683. The normalized spacial score (nSPS) is 10.3. The van der Waals surface area contributed by atoms with Crippen molar-refractivity contribution < 1.29 is 9.59 Å². The molecule has 0 aliphatic rings. The van der Waals surface area contributed by atoms with Gasteiger partial charge >= 0.3 is 0 Å². The van der Waals surface area contributed by atoms with E-state index in [0.717, 1.165) is 17.5 Å². The molecule has 2 amide bonds. The number of nitrogens with one attached hydrogen (secondary N) is 1. The van der Waals surface area contributed by atoms with Gasteiger partial charge in [-0.3, -0.25) is 19.6 Å². The standard InChI is InChI=1S/C21H21N5O2/c1-26(14-9-16-5-10-22-11-6-16)21(28)19-4-2-3-18(25-19)20(27)24-15-17-7-12-23-13-8-17/h2-8,10-13H,9,14-15H2,1H3,(H,24,27). The molecule has 3 aromatic rings. The minimum absolute atomic E-state index is 0.211. The molecule has 0 radical (unpaired) electrons. The fraction of sp³-hybridized carbons (Fsp3) is 0.190. The van der Waals surface area contributed by atoms with Crippen LogP contribution in [0.2, 0.25) is 0 Å². The van der Waals surface area contributed by atoms with Crippen molar-refractivity contribution in [1.82, 2.24) is 25.2 Å². The molecule has 142 valence electrons. The Hall–Kier alpha value is -3.61. The number of carbonyl (C=O) groups is 2. The topological polar surface area (TPSA) is 88.1 Å². The lowest BCUT2D eigenvalue weighted by atomic mass is 10.2. The van der Waals surface area contributed by atoms with E-state index in [9.17, 15) is 9.59 Å². The van der Waals surface area contributed by atoms with Crippen LogP contribution in [0.3, 0.4) is 0 Å². The van der Waals surface area contributed by atoms with Gasteiger partial charge in [-0.15, -0.1) is 0 Å². The van der Waals surface area contributed by atoms with Crippen LogP contribution in [0.4, 0.5) is 0 Å². The van der Waals surface area contributed by atoms with Crippen molar-refractivity contribution in [3.05, 3.63) is 89.8 Å². The van der Waals surface area contributed by atoms with Gasteiger partial charge in [0.05, 0.1) is 0 Å². The summed E-state index contributed by atoms with van der Waals surface area (Å²) in [5, 5.41) is 2.80. The Kier molecular flexibility index (Phi) is 6.41. The number of carbonyl (C=O) groups excluding carboxylic acids is 2. The Labute approximate surface area is 163 Å². The molecule has 3 rings (SSSR count). The summed E-state index contributed by atoms with van der Waals surface area (Å²) < 4.78 is 0. The van der Waals surface area contributed by atoms with Crippen molar-refractivity contribution in [2.75, 3.05) is 13.6 Å². The van der Waals surface area contributed by atoms with Crippen LogP contribution in [-0.4, -0.2) is 45.3 Å². The molecule has 3 aromatic heterocycles. The van der Waals surface area contributed by atoms with Crippen LogP contribution in [-0.2, 0) is 13.0 Å². The molecule has 7 heteroatoms. The molecule has 0 bridgehead atoms. The smallest absolute Gasteiger partial charge is 0.272 e. The fourth-order valence-corrected chi connectivity index (χ4v) is 2.60. The van der Waals surface area contributed by atoms with E-state index in [0.29, 0.717) is 13.1 Å². The molecule has 0 aliphatic heterocycles. The Morgan fingerprint density at radius 2 is 1.50 bits per heavy atom. The molecule has 0 aromatic carbocycles. The highest BCUT2D eigenvalue weighted by atomic mass is 16.2. The molecule has 1 N–H and O–H groups in total. The van der Waals surface area contributed by atoms with Gasteiger partial charge < -0.3 is 10.2 Å². The van der Waals surface area contributed by atoms with Crippen molar-refractivity contribution in [1.29, 1.82) is 0 Å². The Bertz CT molecular complexity index is 932. The van der Waals surface area contributed by atoms with Crippen molar-refractivity contribution in [3.8, 4) is 0 Å². The number of rotatable bonds is 7. The summed E-state index contributed by atoms with van der Waals surface area (Å²) in [6.07, 6.45) is 7.51. The largest absolute Gasteiger partial charge is 0.347 e. The number of likely N-dealkylation sites (N-methyl/N-ethyl adjacent to an activating group) is 1. The maximum Gasteiger partial charge on any atom is 0.272 e. The monoisotopic (exact) mass is 375 g/mol. The van der Waals surface area contributed by atoms with Crippen molar-refractivity contribution in [3.63, 3.8) is 0 Å². The lowest BCUT2D eigenvalue weighted by Crippen LogP contribution is -2.30. The van der Waals surface area contributed by atoms with Gasteiger partial charge in [0.25, 0.3) is 11.8 Å². The molecule has 0 atom stereocenters. The van der Waals surface area contributed by atoms with E-state index >= 15 is 0 Å². The lowest BCUT2D eigenvalue weighted by molar-refractivity contribution is 0.0790. The van der Waals surface area contributed by atoms with E-state index in [1.807, 2.05) is 24.3 Å². The number of aromatic nitrogens is 3.